The molecule has 4 fully saturated rings. The van der Waals surface area contributed by atoms with Gasteiger partial charge in [0.25, 0.3) is 0 Å². The topological polar surface area (TPSA) is 65.5 Å². The lowest BCUT2D eigenvalue weighted by Crippen LogP contribution is -2.50. The van der Waals surface area contributed by atoms with E-state index in [0.717, 1.165) is 44.9 Å². The maximum absolute atomic E-state index is 11.8. The maximum atomic E-state index is 11.8. The molecule has 0 amide bonds. The van der Waals surface area contributed by atoms with Crippen LogP contribution in [0.1, 0.15) is 140 Å². The molecular formula is C47H65NO4. The van der Waals surface area contributed by atoms with Crippen LogP contribution in [0.3, 0.4) is 0 Å². The largest absolute Gasteiger partial charge is 0.462 e. The molecule has 0 aromatic carbocycles. The molecule has 0 bridgehead atoms. The summed E-state index contributed by atoms with van der Waals surface area (Å²) in [6.07, 6.45) is 28.0. The number of nitrogens with zero attached hydrogens (tertiary/aromatic N) is 1. The zero-order chi connectivity index (χ0) is 36.2. The third kappa shape index (κ3) is 5.09. The van der Waals surface area contributed by atoms with Crippen molar-refractivity contribution >= 4 is 17.5 Å². The van der Waals surface area contributed by atoms with Crippen LogP contribution in [0.15, 0.2) is 65.0 Å². The summed E-state index contributed by atoms with van der Waals surface area (Å²) in [5.41, 5.74) is 10.3. The highest BCUT2D eigenvalue weighted by Gasteiger charge is 2.62. The van der Waals surface area contributed by atoms with Crippen LogP contribution in [-0.2, 0) is 19.1 Å². The Morgan fingerprint density at radius 2 is 1.23 bits per heavy atom. The summed E-state index contributed by atoms with van der Waals surface area (Å²) < 4.78 is 11.5. The fraction of sp³-hybridized carbons (Fsp3) is 0.681. The second kappa shape index (κ2) is 12.3. The molecule has 0 radical (unpaired) electrons. The van der Waals surface area contributed by atoms with Gasteiger partial charge < -0.3 is 9.47 Å². The lowest BCUT2D eigenvalue weighted by Gasteiger charge is -2.58. The molecular weight excluding hydrogens is 643 g/mol. The molecule has 0 saturated heterocycles. The second-order valence-corrected chi connectivity index (χ2v) is 19.5. The SMILES string of the molecule is CC(=O)O[C@@H]1CC[C@]2(C)C(=CC[C@@H]3C4CC=C(C5=C(c6cccnc6)[C@@]6(C)CC[C@H]7[C@@H](CC=C8C[C@@H](OC(C)=O)CC[C@@]87C)[C@@H]6C5)[C@]4(C)CCC32)C1.[HH].[HH]. The highest BCUT2D eigenvalue weighted by molar-refractivity contribution is 5.80. The third-order valence-electron chi connectivity index (χ3n) is 17.3. The average Bonchev–Trinajstić information content (AvgIpc) is 3.62. The van der Waals surface area contributed by atoms with E-state index in [2.05, 4.69) is 64.3 Å². The molecule has 0 N–H and O–H groups in total. The van der Waals surface area contributed by atoms with E-state index in [4.69, 9.17) is 14.5 Å². The van der Waals surface area contributed by atoms with Crippen molar-refractivity contribution in [1.82, 2.24) is 4.98 Å². The van der Waals surface area contributed by atoms with E-state index in [0.29, 0.717) is 35.5 Å². The molecule has 1 aromatic rings. The van der Waals surface area contributed by atoms with Gasteiger partial charge in [0.2, 0.25) is 0 Å². The summed E-state index contributed by atoms with van der Waals surface area (Å²) in [5, 5.41) is 0. The van der Waals surface area contributed by atoms with Crippen LogP contribution in [-0.4, -0.2) is 29.1 Å². The molecule has 282 valence electrons. The van der Waals surface area contributed by atoms with E-state index in [1.54, 1.807) is 41.7 Å². The Balaban J connectivity index is 0.00000225. The minimum Gasteiger partial charge on any atom is -0.462 e. The molecule has 4 saturated carbocycles. The Morgan fingerprint density at radius 1 is 0.673 bits per heavy atom. The zero-order valence-electron chi connectivity index (χ0n) is 32.6. The van der Waals surface area contributed by atoms with Gasteiger partial charge in [-0.1, -0.05) is 63.1 Å². The average molecular weight is 708 g/mol. The summed E-state index contributed by atoms with van der Waals surface area (Å²) >= 11 is 0. The van der Waals surface area contributed by atoms with Gasteiger partial charge in [0, 0.05) is 41.9 Å². The van der Waals surface area contributed by atoms with Gasteiger partial charge in [0.1, 0.15) is 12.2 Å². The number of ether oxygens (including phenoxy) is 2. The number of allylic oxidation sites excluding steroid dienone is 6. The van der Waals surface area contributed by atoms with Crippen LogP contribution in [0, 0.1) is 57.2 Å². The minimum absolute atomic E-state index is 0. The first-order valence-electron chi connectivity index (χ1n) is 20.9. The van der Waals surface area contributed by atoms with E-state index in [1.165, 1.54) is 50.5 Å². The molecule has 1 aromatic heterocycles. The van der Waals surface area contributed by atoms with Crippen molar-refractivity contribution in [3.63, 3.8) is 0 Å². The van der Waals surface area contributed by atoms with Gasteiger partial charge in [-0.15, -0.1) is 0 Å². The Labute approximate surface area is 315 Å². The van der Waals surface area contributed by atoms with Gasteiger partial charge in [0.05, 0.1) is 0 Å². The quantitative estimate of drug-likeness (QED) is 0.230. The molecule has 0 spiro atoms. The van der Waals surface area contributed by atoms with Crippen LogP contribution >= 0.6 is 0 Å². The number of rotatable bonds is 4. The Bertz CT molecular complexity index is 1800. The fourth-order valence-corrected chi connectivity index (χ4v) is 14.9. The first-order valence-corrected chi connectivity index (χ1v) is 20.9. The van der Waals surface area contributed by atoms with E-state index < -0.39 is 0 Å². The Kier molecular flexibility index (Phi) is 8.22. The zero-order valence-corrected chi connectivity index (χ0v) is 32.6. The van der Waals surface area contributed by atoms with Crippen molar-refractivity contribution in [3.05, 3.63) is 70.6 Å². The summed E-state index contributed by atoms with van der Waals surface area (Å²) in [6.45, 7) is 13.5. The number of esters is 2. The van der Waals surface area contributed by atoms with E-state index in [-0.39, 0.29) is 48.7 Å². The number of aromatic nitrogens is 1. The van der Waals surface area contributed by atoms with Crippen LogP contribution in [0.5, 0.6) is 0 Å². The van der Waals surface area contributed by atoms with Gasteiger partial charge in [-0.05, 0) is 163 Å². The first-order chi connectivity index (χ1) is 24.8. The Hall–Kier alpha value is -2.95. The fourth-order valence-electron chi connectivity index (χ4n) is 14.9. The molecule has 5 nitrogen and oxygen atoms in total. The number of carbonyl (C=O) groups is 2. The van der Waals surface area contributed by atoms with Crippen molar-refractivity contribution in [1.29, 1.82) is 0 Å². The van der Waals surface area contributed by atoms with Gasteiger partial charge in [-0.3, -0.25) is 14.6 Å². The highest BCUT2D eigenvalue weighted by atomic mass is 16.5. The van der Waals surface area contributed by atoms with Crippen molar-refractivity contribution in [3.8, 4) is 0 Å². The van der Waals surface area contributed by atoms with Crippen LogP contribution in [0.25, 0.3) is 5.57 Å². The van der Waals surface area contributed by atoms with Crippen LogP contribution < -0.4 is 0 Å². The van der Waals surface area contributed by atoms with Crippen molar-refractivity contribution in [2.45, 2.75) is 144 Å². The molecule has 52 heavy (non-hydrogen) atoms. The summed E-state index contributed by atoms with van der Waals surface area (Å²) in [4.78, 5) is 28.4. The van der Waals surface area contributed by atoms with Crippen LogP contribution in [0.4, 0.5) is 0 Å². The predicted octanol–water partition coefficient (Wildman–Crippen LogP) is 11.3. The predicted molar refractivity (Wildman–Crippen MR) is 209 cm³/mol. The van der Waals surface area contributed by atoms with Gasteiger partial charge in [-0.2, -0.15) is 0 Å². The van der Waals surface area contributed by atoms with Gasteiger partial charge in [0.15, 0.2) is 0 Å². The monoisotopic (exact) mass is 707 g/mol. The summed E-state index contributed by atoms with van der Waals surface area (Å²) in [7, 11) is 0. The van der Waals surface area contributed by atoms with E-state index in [9.17, 15) is 9.59 Å². The first kappa shape index (κ1) is 34.8. The van der Waals surface area contributed by atoms with Crippen molar-refractivity contribution in [2.75, 3.05) is 0 Å². The van der Waals surface area contributed by atoms with Gasteiger partial charge in [-0.25, -0.2) is 0 Å². The smallest absolute Gasteiger partial charge is 0.302 e. The Morgan fingerprint density at radius 3 is 1.79 bits per heavy atom. The molecule has 8 aliphatic carbocycles. The number of carbonyl (C=O) groups excluding carboxylic acids is 2. The second-order valence-electron chi connectivity index (χ2n) is 19.5. The summed E-state index contributed by atoms with van der Waals surface area (Å²) in [5.74, 6) is 3.81. The van der Waals surface area contributed by atoms with Gasteiger partial charge >= 0.3 is 11.9 Å². The van der Waals surface area contributed by atoms with Crippen molar-refractivity contribution in [2.24, 2.45) is 57.2 Å². The standard InChI is InChI=1S/C47H61NO4.2H2/c1-28(49)51-33-15-19-44(3)31(24-33)9-11-35-38-13-14-39(46(38,5)21-17-40(35)44)37-26-42-36-12-10-32-25-34(52-29(2)50)16-20-45(32,4)41(36)18-22-47(42,6)43(37)30-8-7-23-48-27-30;;/h7-10,14,23,27,33-36,38,40-42H,11-13,15-22,24-26H2,1-6H3;2*1H/t33-,34+,35-,36-,38?,40?,41+,42+,44-,45+,46-,47+;;/m1../s1. The lowest BCUT2D eigenvalue weighted by molar-refractivity contribution is -0.149. The van der Waals surface area contributed by atoms with Crippen LogP contribution in [0.2, 0.25) is 0 Å². The lowest BCUT2D eigenvalue weighted by atomic mass is 9.47. The molecule has 2 unspecified atom stereocenters. The summed E-state index contributed by atoms with van der Waals surface area (Å²) in [6, 6.07) is 4.51. The number of pyridine rings is 1. The normalized spacial score (nSPS) is 44.8. The number of hydrogen-bond acceptors (Lipinski definition) is 5. The number of hydrogen-bond donors (Lipinski definition) is 0. The molecule has 8 aliphatic rings. The molecule has 12 atom stereocenters. The third-order valence-corrected chi connectivity index (χ3v) is 17.3. The van der Waals surface area contributed by atoms with E-state index in [1.807, 2.05) is 6.20 Å². The molecule has 0 aliphatic heterocycles. The maximum Gasteiger partial charge on any atom is 0.302 e. The molecule has 9 rings (SSSR count). The minimum atomic E-state index is -0.142. The van der Waals surface area contributed by atoms with Crippen molar-refractivity contribution < 1.29 is 21.9 Å². The molecule has 5 heteroatoms. The number of fused-ring (bicyclic) bond motifs is 10. The highest BCUT2D eigenvalue weighted by Crippen LogP contribution is 2.72. The van der Waals surface area contributed by atoms with E-state index >= 15 is 0 Å². The molecule has 1 heterocycles.